The fourth-order valence-corrected chi connectivity index (χ4v) is 2.38. The Morgan fingerprint density at radius 2 is 2.00 bits per heavy atom. The number of anilines is 1. The van der Waals surface area contributed by atoms with Crippen LogP contribution < -0.4 is 11.3 Å². The molecule has 3 aromatic rings. The average Bonchev–Trinajstić information content (AvgIpc) is 2.62. The van der Waals surface area contributed by atoms with Gasteiger partial charge in [0.05, 0.1) is 12.7 Å². The van der Waals surface area contributed by atoms with E-state index >= 15 is 0 Å². The molecule has 2 heterocycles. The van der Waals surface area contributed by atoms with Gasteiger partial charge in [0.15, 0.2) is 0 Å². The maximum atomic E-state index is 11.8. The molecular formula is C17H14N4O3. The molecule has 2 aromatic heterocycles. The van der Waals surface area contributed by atoms with Crippen LogP contribution in [0.5, 0.6) is 0 Å². The quantitative estimate of drug-likeness (QED) is 0.712. The smallest absolute Gasteiger partial charge is 0.337 e. The van der Waals surface area contributed by atoms with Crippen molar-refractivity contribution in [1.82, 2.24) is 15.2 Å². The number of carbonyl (C=O) groups is 1. The third kappa shape index (κ3) is 2.87. The Balaban J connectivity index is 2.22. The normalized spacial score (nSPS) is 10.4. The van der Waals surface area contributed by atoms with Gasteiger partial charge in [-0.1, -0.05) is 12.1 Å². The van der Waals surface area contributed by atoms with Gasteiger partial charge in [0.2, 0.25) is 0 Å². The monoisotopic (exact) mass is 322 g/mol. The van der Waals surface area contributed by atoms with Gasteiger partial charge in [0, 0.05) is 23.4 Å². The lowest BCUT2D eigenvalue weighted by Crippen LogP contribution is -2.09. The number of H-pyrrole nitrogens is 1. The van der Waals surface area contributed by atoms with E-state index in [2.05, 4.69) is 15.2 Å². The number of nitrogens with two attached hydrogens (primary N) is 1. The van der Waals surface area contributed by atoms with Gasteiger partial charge in [-0.25, -0.2) is 14.9 Å². The maximum absolute atomic E-state index is 11.8. The van der Waals surface area contributed by atoms with Crippen LogP contribution in [-0.2, 0) is 4.74 Å². The molecule has 0 saturated heterocycles. The topological polar surface area (TPSA) is 111 Å². The lowest BCUT2D eigenvalue weighted by molar-refractivity contribution is 0.0601. The first-order valence-corrected chi connectivity index (χ1v) is 7.09. The van der Waals surface area contributed by atoms with E-state index in [9.17, 15) is 9.59 Å². The summed E-state index contributed by atoms with van der Waals surface area (Å²) in [6.45, 7) is 0. The average molecular weight is 322 g/mol. The van der Waals surface area contributed by atoms with Crippen LogP contribution in [-0.4, -0.2) is 28.3 Å². The minimum atomic E-state index is -0.461. The highest BCUT2D eigenvalue weighted by atomic mass is 16.5. The molecule has 0 saturated carbocycles. The van der Waals surface area contributed by atoms with Crippen molar-refractivity contribution < 1.29 is 9.53 Å². The molecule has 7 nitrogen and oxygen atoms in total. The molecule has 0 aliphatic carbocycles. The number of nitrogens with one attached hydrogen (secondary N) is 1. The Kier molecular flexibility index (Phi) is 4.07. The Bertz CT molecular complexity index is 966. The fourth-order valence-electron chi connectivity index (χ4n) is 2.38. The van der Waals surface area contributed by atoms with Gasteiger partial charge in [0.1, 0.15) is 11.5 Å². The summed E-state index contributed by atoms with van der Waals surface area (Å²) in [4.78, 5) is 27.5. The van der Waals surface area contributed by atoms with E-state index in [0.717, 1.165) is 0 Å². The number of nitrogen functional groups attached to an aromatic ring is 1. The molecule has 0 aliphatic rings. The van der Waals surface area contributed by atoms with E-state index in [-0.39, 0.29) is 5.56 Å². The van der Waals surface area contributed by atoms with Crippen molar-refractivity contribution in [3.05, 3.63) is 64.6 Å². The summed E-state index contributed by atoms with van der Waals surface area (Å²) in [5.74, 6) is -0.167. The summed E-state index contributed by atoms with van der Waals surface area (Å²) < 4.78 is 4.73. The number of ether oxygens (including phenoxy) is 1. The third-order valence-electron chi connectivity index (χ3n) is 3.50. The van der Waals surface area contributed by atoms with Crippen LogP contribution in [0.3, 0.4) is 0 Å². The lowest BCUT2D eigenvalue weighted by Gasteiger charge is -2.10. The predicted molar refractivity (Wildman–Crippen MR) is 89.3 cm³/mol. The highest BCUT2D eigenvalue weighted by Crippen LogP contribution is 2.31. The Morgan fingerprint density at radius 3 is 2.75 bits per heavy atom. The number of aromatic amines is 1. The summed E-state index contributed by atoms with van der Waals surface area (Å²) >= 11 is 0. The van der Waals surface area contributed by atoms with Crippen molar-refractivity contribution in [2.24, 2.45) is 0 Å². The van der Waals surface area contributed by atoms with Crippen LogP contribution >= 0.6 is 0 Å². The molecule has 0 bridgehead atoms. The second-order valence-electron chi connectivity index (χ2n) is 5.00. The van der Waals surface area contributed by atoms with Crippen molar-refractivity contribution in [2.75, 3.05) is 12.8 Å². The number of hydrogen-bond donors (Lipinski definition) is 2. The molecule has 0 atom stereocenters. The first-order valence-electron chi connectivity index (χ1n) is 7.09. The van der Waals surface area contributed by atoms with Crippen LogP contribution in [0.25, 0.3) is 22.4 Å². The van der Waals surface area contributed by atoms with Gasteiger partial charge in [-0.05, 0) is 29.8 Å². The Labute approximate surface area is 137 Å². The molecule has 0 spiro atoms. The van der Waals surface area contributed by atoms with Crippen LogP contribution in [0.1, 0.15) is 10.4 Å². The zero-order valence-corrected chi connectivity index (χ0v) is 12.8. The first-order chi connectivity index (χ1) is 11.6. The van der Waals surface area contributed by atoms with Crippen molar-refractivity contribution >= 4 is 11.8 Å². The van der Waals surface area contributed by atoms with Gasteiger partial charge >= 0.3 is 5.97 Å². The van der Waals surface area contributed by atoms with Crippen LogP contribution in [0, 0.1) is 0 Å². The molecule has 0 radical (unpaired) electrons. The number of esters is 1. The number of methoxy groups -OCH3 is 1. The highest BCUT2D eigenvalue weighted by molar-refractivity contribution is 5.92. The van der Waals surface area contributed by atoms with E-state index in [1.165, 1.54) is 13.2 Å². The standard InChI is InChI=1S/C17H14N4O3/c1-24-17(23)11-5-2-4-10(8-11)13-9-14(22)20-21-15(13)12-6-3-7-19-16(12)18/h2-9H,1H3,(H2,18,19)(H,20,22). The van der Waals surface area contributed by atoms with Gasteiger partial charge in [-0.15, -0.1) is 0 Å². The number of nitrogens with zero attached hydrogens (tertiary/aromatic N) is 2. The largest absolute Gasteiger partial charge is 0.465 e. The Morgan fingerprint density at radius 1 is 1.17 bits per heavy atom. The summed E-state index contributed by atoms with van der Waals surface area (Å²) in [7, 11) is 1.31. The van der Waals surface area contributed by atoms with Crippen molar-refractivity contribution in [3.63, 3.8) is 0 Å². The molecule has 0 unspecified atom stereocenters. The maximum Gasteiger partial charge on any atom is 0.337 e. The fraction of sp³-hybridized carbons (Fsp3) is 0.0588. The number of pyridine rings is 1. The van der Waals surface area contributed by atoms with Gasteiger partial charge in [-0.3, -0.25) is 4.79 Å². The molecule has 24 heavy (non-hydrogen) atoms. The molecule has 0 aliphatic heterocycles. The molecule has 0 amide bonds. The van der Waals surface area contributed by atoms with Crippen molar-refractivity contribution in [1.29, 1.82) is 0 Å². The number of rotatable bonds is 3. The first kappa shape index (κ1) is 15.4. The van der Waals surface area contributed by atoms with Gasteiger partial charge in [0.25, 0.3) is 5.56 Å². The number of benzene rings is 1. The molecule has 3 N–H and O–H groups in total. The molecule has 3 rings (SSSR count). The van der Waals surface area contributed by atoms with Gasteiger partial charge < -0.3 is 10.5 Å². The zero-order valence-electron chi connectivity index (χ0n) is 12.8. The number of aromatic nitrogens is 3. The second kappa shape index (κ2) is 6.33. The summed E-state index contributed by atoms with van der Waals surface area (Å²) in [6, 6.07) is 11.7. The minimum absolute atomic E-state index is 0.294. The second-order valence-corrected chi connectivity index (χ2v) is 5.00. The third-order valence-corrected chi connectivity index (χ3v) is 3.50. The van der Waals surface area contributed by atoms with E-state index in [4.69, 9.17) is 10.5 Å². The molecule has 1 aromatic carbocycles. The molecular weight excluding hydrogens is 308 g/mol. The van der Waals surface area contributed by atoms with Crippen LogP contribution in [0.15, 0.2) is 53.5 Å². The van der Waals surface area contributed by atoms with Gasteiger partial charge in [-0.2, -0.15) is 5.10 Å². The van der Waals surface area contributed by atoms with Crippen LogP contribution in [0.2, 0.25) is 0 Å². The van der Waals surface area contributed by atoms with Crippen LogP contribution in [0.4, 0.5) is 5.82 Å². The molecule has 7 heteroatoms. The minimum Gasteiger partial charge on any atom is -0.465 e. The number of carbonyl (C=O) groups excluding carboxylic acids is 1. The van der Waals surface area contributed by atoms with Crippen molar-refractivity contribution in [3.8, 4) is 22.4 Å². The molecule has 0 fully saturated rings. The lowest BCUT2D eigenvalue weighted by atomic mass is 9.99. The number of hydrogen-bond acceptors (Lipinski definition) is 6. The molecule has 120 valence electrons. The highest BCUT2D eigenvalue weighted by Gasteiger charge is 2.15. The summed E-state index contributed by atoms with van der Waals surface area (Å²) in [6.07, 6.45) is 1.57. The predicted octanol–water partition coefficient (Wildman–Crippen LogP) is 1.87. The van der Waals surface area contributed by atoms with E-state index in [1.807, 2.05) is 0 Å². The zero-order chi connectivity index (χ0) is 17.1. The van der Waals surface area contributed by atoms with E-state index in [0.29, 0.717) is 33.8 Å². The summed E-state index contributed by atoms with van der Waals surface area (Å²) in [5.41, 5.74) is 8.19. The summed E-state index contributed by atoms with van der Waals surface area (Å²) in [5, 5.41) is 6.51. The van der Waals surface area contributed by atoms with E-state index in [1.54, 1.807) is 42.6 Å². The SMILES string of the molecule is COC(=O)c1cccc(-c2cc(=O)[nH]nc2-c2cccnc2N)c1. The van der Waals surface area contributed by atoms with E-state index < -0.39 is 5.97 Å². The van der Waals surface area contributed by atoms with Crippen molar-refractivity contribution in [2.45, 2.75) is 0 Å². The Hall–Kier alpha value is -3.48.